The maximum atomic E-state index is 11.5. The topological polar surface area (TPSA) is 72.2 Å². The van der Waals surface area contributed by atoms with Gasteiger partial charge in [-0.05, 0) is 30.9 Å². The Labute approximate surface area is 108 Å². The Morgan fingerprint density at radius 3 is 2.72 bits per heavy atom. The van der Waals surface area contributed by atoms with Crippen LogP contribution in [0.1, 0.15) is 25.7 Å². The number of para-hydroxylation sites is 1. The molecule has 0 unspecified atom stereocenters. The summed E-state index contributed by atoms with van der Waals surface area (Å²) >= 11 is 0. The maximum absolute atomic E-state index is 11.5. The van der Waals surface area contributed by atoms with Gasteiger partial charge in [-0.1, -0.05) is 18.9 Å². The van der Waals surface area contributed by atoms with Gasteiger partial charge in [-0.15, -0.1) is 0 Å². The highest BCUT2D eigenvalue weighted by Crippen LogP contribution is 2.33. The van der Waals surface area contributed by atoms with E-state index in [9.17, 15) is 8.42 Å². The van der Waals surface area contributed by atoms with Gasteiger partial charge >= 0.3 is 0 Å². The van der Waals surface area contributed by atoms with Crippen LogP contribution in [0.2, 0.25) is 0 Å². The zero-order valence-corrected chi connectivity index (χ0v) is 11.5. The molecule has 1 aliphatic rings. The zero-order valence-electron chi connectivity index (χ0n) is 10.6. The van der Waals surface area contributed by atoms with E-state index in [0.717, 1.165) is 18.9 Å². The van der Waals surface area contributed by atoms with E-state index in [1.54, 1.807) is 12.1 Å². The third-order valence-corrected chi connectivity index (χ3v) is 4.42. The van der Waals surface area contributed by atoms with Crippen molar-refractivity contribution in [3.8, 4) is 0 Å². The summed E-state index contributed by atoms with van der Waals surface area (Å²) in [6, 6.07) is 5.08. The molecule has 0 aromatic heterocycles. The highest BCUT2D eigenvalue weighted by atomic mass is 32.2. The van der Waals surface area contributed by atoms with Gasteiger partial charge in [0, 0.05) is 12.8 Å². The van der Waals surface area contributed by atoms with Crippen LogP contribution in [0.5, 0.6) is 0 Å². The minimum atomic E-state index is -3.26. The normalized spacial score (nSPS) is 15.6. The number of nitrogens with two attached hydrogens (primary N) is 1. The number of anilines is 2. The van der Waals surface area contributed by atoms with E-state index in [2.05, 4.69) is 5.32 Å². The SMILES string of the molecule is CS(=O)(=O)c1cccc(NCCCC2CC2)c1N. The molecule has 18 heavy (non-hydrogen) atoms. The molecular weight excluding hydrogens is 248 g/mol. The summed E-state index contributed by atoms with van der Waals surface area (Å²) in [5.41, 5.74) is 6.92. The molecule has 0 saturated heterocycles. The fourth-order valence-corrected chi connectivity index (χ4v) is 2.88. The minimum Gasteiger partial charge on any atom is -0.396 e. The number of nitrogens with one attached hydrogen (secondary N) is 1. The molecule has 2 rings (SSSR count). The van der Waals surface area contributed by atoms with Gasteiger partial charge in [0.2, 0.25) is 0 Å². The predicted octanol–water partition coefficient (Wildman–Crippen LogP) is 2.27. The lowest BCUT2D eigenvalue weighted by atomic mass is 10.2. The van der Waals surface area contributed by atoms with Crippen molar-refractivity contribution >= 4 is 21.2 Å². The number of benzene rings is 1. The molecular formula is C13H20N2O2S. The smallest absolute Gasteiger partial charge is 0.177 e. The lowest BCUT2D eigenvalue weighted by molar-refractivity contribution is 0.602. The van der Waals surface area contributed by atoms with E-state index >= 15 is 0 Å². The van der Waals surface area contributed by atoms with E-state index in [4.69, 9.17) is 5.73 Å². The van der Waals surface area contributed by atoms with Gasteiger partial charge in [0.25, 0.3) is 0 Å². The minimum absolute atomic E-state index is 0.203. The Hall–Kier alpha value is -1.23. The van der Waals surface area contributed by atoms with Crippen LogP contribution in [0.3, 0.4) is 0 Å². The first-order valence-corrected chi connectivity index (χ1v) is 8.20. The van der Waals surface area contributed by atoms with Crippen molar-refractivity contribution in [3.63, 3.8) is 0 Å². The fraction of sp³-hybridized carbons (Fsp3) is 0.538. The standard InChI is InChI=1S/C13H20N2O2S/c1-18(16,17)12-6-2-5-11(13(12)14)15-9-3-4-10-7-8-10/h2,5-6,10,15H,3-4,7-9,14H2,1H3. The molecule has 0 bridgehead atoms. The van der Waals surface area contributed by atoms with E-state index in [0.29, 0.717) is 11.4 Å². The molecule has 5 heteroatoms. The molecule has 100 valence electrons. The molecule has 0 heterocycles. The second-order valence-corrected chi connectivity index (χ2v) is 6.99. The Balaban J connectivity index is 1.99. The second kappa shape index (κ2) is 5.18. The third-order valence-electron chi connectivity index (χ3n) is 3.27. The molecule has 0 amide bonds. The lowest BCUT2D eigenvalue weighted by Gasteiger charge is -2.11. The largest absolute Gasteiger partial charge is 0.396 e. The van der Waals surface area contributed by atoms with Crippen LogP contribution >= 0.6 is 0 Å². The summed E-state index contributed by atoms with van der Waals surface area (Å²) in [5, 5.41) is 3.22. The number of nitrogen functional groups attached to an aromatic ring is 1. The molecule has 1 saturated carbocycles. The summed E-state index contributed by atoms with van der Waals surface area (Å²) in [7, 11) is -3.26. The number of hydrogen-bond acceptors (Lipinski definition) is 4. The average molecular weight is 268 g/mol. The molecule has 1 aliphatic carbocycles. The summed E-state index contributed by atoms with van der Waals surface area (Å²) < 4.78 is 23.1. The first kappa shape index (κ1) is 13.2. The highest BCUT2D eigenvalue weighted by Gasteiger charge is 2.20. The molecule has 0 radical (unpaired) electrons. The van der Waals surface area contributed by atoms with Crippen LogP contribution in [0.25, 0.3) is 0 Å². The lowest BCUT2D eigenvalue weighted by Crippen LogP contribution is -2.08. The van der Waals surface area contributed by atoms with Gasteiger partial charge in [-0.2, -0.15) is 0 Å². The number of sulfone groups is 1. The zero-order chi connectivity index (χ0) is 13.2. The van der Waals surface area contributed by atoms with Crippen LogP contribution in [0, 0.1) is 5.92 Å². The Kier molecular flexibility index (Phi) is 3.80. The summed E-state index contributed by atoms with van der Waals surface area (Å²) in [4.78, 5) is 0.203. The van der Waals surface area contributed by atoms with Gasteiger partial charge in [0.15, 0.2) is 9.84 Å². The van der Waals surface area contributed by atoms with Crippen LogP contribution in [-0.2, 0) is 9.84 Å². The van der Waals surface area contributed by atoms with Crippen LogP contribution < -0.4 is 11.1 Å². The molecule has 1 fully saturated rings. The van der Waals surface area contributed by atoms with E-state index in [1.807, 2.05) is 6.07 Å². The van der Waals surface area contributed by atoms with E-state index in [-0.39, 0.29) is 4.90 Å². The maximum Gasteiger partial charge on any atom is 0.177 e. The number of rotatable bonds is 6. The number of hydrogen-bond donors (Lipinski definition) is 2. The quantitative estimate of drug-likeness (QED) is 0.613. The van der Waals surface area contributed by atoms with E-state index in [1.165, 1.54) is 25.5 Å². The van der Waals surface area contributed by atoms with Crippen LogP contribution in [0.15, 0.2) is 23.1 Å². The van der Waals surface area contributed by atoms with Crippen molar-refractivity contribution in [1.82, 2.24) is 0 Å². The average Bonchev–Trinajstić information content (AvgIpc) is 3.08. The van der Waals surface area contributed by atoms with Gasteiger partial charge in [0.05, 0.1) is 16.3 Å². The third kappa shape index (κ3) is 3.38. The summed E-state index contributed by atoms with van der Waals surface area (Å²) in [6.45, 7) is 0.841. The van der Waals surface area contributed by atoms with Gasteiger partial charge in [0.1, 0.15) is 0 Å². The van der Waals surface area contributed by atoms with Crippen molar-refractivity contribution in [2.24, 2.45) is 5.92 Å². The first-order valence-electron chi connectivity index (χ1n) is 6.31. The van der Waals surface area contributed by atoms with Crippen molar-refractivity contribution in [1.29, 1.82) is 0 Å². The monoisotopic (exact) mass is 268 g/mol. The molecule has 3 N–H and O–H groups in total. The molecule has 0 spiro atoms. The van der Waals surface area contributed by atoms with Crippen molar-refractivity contribution in [2.45, 2.75) is 30.6 Å². The van der Waals surface area contributed by atoms with E-state index < -0.39 is 9.84 Å². The molecule has 4 nitrogen and oxygen atoms in total. The predicted molar refractivity (Wildman–Crippen MR) is 74.4 cm³/mol. The second-order valence-electron chi connectivity index (χ2n) is 5.00. The van der Waals surface area contributed by atoms with Crippen molar-refractivity contribution in [3.05, 3.63) is 18.2 Å². The first-order chi connectivity index (χ1) is 8.48. The molecule has 1 aromatic carbocycles. The fourth-order valence-electron chi connectivity index (χ4n) is 2.04. The Bertz CT molecular complexity index is 522. The Morgan fingerprint density at radius 2 is 2.11 bits per heavy atom. The van der Waals surface area contributed by atoms with Gasteiger partial charge in [-0.25, -0.2) is 8.42 Å². The van der Waals surface area contributed by atoms with Gasteiger partial charge in [-0.3, -0.25) is 0 Å². The molecule has 0 atom stereocenters. The highest BCUT2D eigenvalue weighted by molar-refractivity contribution is 7.90. The van der Waals surface area contributed by atoms with Gasteiger partial charge < -0.3 is 11.1 Å². The Morgan fingerprint density at radius 1 is 1.39 bits per heavy atom. The molecule has 0 aliphatic heterocycles. The van der Waals surface area contributed by atoms with Crippen molar-refractivity contribution < 1.29 is 8.42 Å². The summed E-state index contributed by atoms with van der Waals surface area (Å²) in [5.74, 6) is 0.923. The van der Waals surface area contributed by atoms with Crippen molar-refractivity contribution in [2.75, 3.05) is 23.9 Å². The van der Waals surface area contributed by atoms with Crippen LogP contribution in [0.4, 0.5) is 11.4 Å². The summed E-state index contributed by atoms with van der Waals surface area (Å²) in [6.07, 6.45) is 6.26. The van der Waals surface area contributed by atoms with Crippen LogP contribution in [-0.4, -0.2) is 21.2 Å². The molecule has 1 aromatic rings.